The van der Waals surface area contributed by atoms with Crippen molar-refractivity contribution in [2.24, 2.45) is 10.8 Å². The van der Waals surface area contributed by atoms with E-state index < -0.39 is 0 Å². The average molecular weight is 143 g/mol. The van der Waals surface area contributed by atoms with Crippen molar-refractivity contribution in [3.63, 3.8) is 0 Å². The molecule has 0 aromatic rings. The summed E-state index contributed by atoms with van der Waals surface area (Å²) in [5.74, 6) is 5.57. The van der Waals surface area contributed by atoms with Crippen LogP contribution in [0.4, 0.5) is 0 Å². The summed E-state index contributed by atoms with van der Waals surface area (Å²) in [6.45, 7) is 7.58. The molecule has 1 atom stereocenters. The Bertz CT molecular complexity index is 111. The Hall–Kier alpha value is -0.410. The van der Waals surface area contributed by atoms with Crippen LogP contribution in [-0.4, -0.2) is 24.4 Å². The second-order valence-electron chi connectivity index (χ2n) is 2.74. The van der Waals surface area contributed by atoms with Gasteiger partial charge in [-0.1, -0.05) is 13.3 Å². The zero-order valence-corrected chi connectivity index (χ0v) is 7.09. The summed E-state index contributed by atoms with van der Waals surface area (Å²) in [4.78, 5) is 3.96. The van der Waals surface area contributed by atoms with Crippen molar-refractivity contribution in [3.8, 4) is 0 Å². The number of hydrogen-bond donors (Lipinski definition) is 1. The quantitative estimate of drug-likeness (QED) is 0.362. The van der Waals surface area contributed by atoms with Gasteiger partial charge in [0.2, 0.25) is 0 Å². The Morgan fingerprint density at radius 3 is 2.30 bits per heavy atom. The van der Waals surface area contributed by atoms with Crippen LogP contribution in [0.5, 0.6) is 0 Å². The van der Waals surface area contributed by atoms with Gasteiger partial charge >= 0.3 is 0 Å². The second kappa shape index (κ2) is 3.68. The molecule has 0 radical (unpaired) electrons. The summed E-state index contributed by atoms with van der Waals surface area (Å²) in [6.07, 6.45) is 2.01. The van der Waals surface area contributed by atoms with Gasteiger partial charge in [-0.05, 0) is 20.1 Å². The van der Waals surface area contributed by atoms with Crippen LogP contribution in [0.2, 0.25) is 0 Å². The summed E-state index contributed by atoms with van der Waals surface area (Å²) in [6, 6.07) is 0. The first-order chi connectivity index (χ1) is 4.56. The molecule has 10 heavy (non-hydrogen) atoms. The minimum absolute atomic E-state index is 0.283. The van der Waals surface area contributed by atoms with E-state index in [2.05, 4.69) is 18.6 Å². The number of hydrazine groups is 1. The standard InChI is InChI=1S/C7H17N3/c1-5-6-7(2,9-3)10(4)8/h3,5-6,8H2,1-2,4H3/t7-/m0/s1. The van der Waals surface area contributed by atoms with Crippen molar-refractivity contribution in [1.82, 2.24) is 5.01 Å². The van der Waals surface area contributed by atoms with E-state index in [0.29, 0.717) is 0 Å². The minimum Gasteiger partial charge on any atom is -0.278 e. The van der Waals surface area contributed by atoms with Crippen LogP contribution in [0.15, 0.2) is 4.99 Å². The molecule has 2 N–H and O–H groups in total. The number of rotatable bonds is 4. The molecular weight excluding hydrogens is 126 g/mol. The summed E-state index contributed by atoms with van der Waals surface area (Å²) >= 11 is 0. The van der Waals surface area contributed by atoms with Crippen LogP contribution in [-0.2, 0) is 0 Å². The van der Waals surface area contributed by atoms with E-state index in [1.807, 2.05) is 14.0 Å². The van der Waals surface area contributed by atoms with Crippen molar-refractivity contribution in [3.05, 3.63) is 0 Å². The van der Waals surface area contributed by atoms with Crippen LogP contribution >= 0.6 is 0 Å². The van der Waals surface area contributed by atoms with Gasteiger partial charge in [-0.3, -0.25) is 10.8 Å². The Morgan fingerprint density at radius 1 is 1.70 bits per heavy atom. The fourth-order valence-corrected chi connectivity index (χ4v) is 0.841. The van der Waals surface area contributed by atoms with Crippen molar-refractivity contribution in [2.75, 3.05) is 7.05 Å². The number of hydrogen-bond acceptors (Lipinski definition) is 3. The lowest BCUT2D eigenvalue weighted by atomic mass is 10.1. The molecule has 3 heteroatoms. The summed E-state index contributed by atoms with van der Waals surface area (Å²) in [5.41, 5.74) is -0.283. The maximum absolute atomic E-state index is 5.57. The first-order valence-corrected chi connectivity index (χ1v) is 3.53. The summed E-state index contributed by atoms with van der Waals surface area (Å²) < 4.78 is 0. The Kier molecular flexibility index (Phi) is 3.53. The molecule has 0 rings (SSSR count). The molecule has 0 spiro atoms. The second-order valence-corrected chi connectivity index (χ2v) is 2.74. The predicted octanol–water partition coefficient (Wildman–Crippen LogP) is 1.01. The lowest BCUT2D eigenvalue weighted by molar-refractivity contribution is 0.137. The molecule has 0 unspecified atom stereocenters. The van der Waals surface area contributed by atoms with Gasteiger partial charge in [0.05, 0.1) is 0 Å². The first kappa shape index (κ1) is 9.59. The number of nitrogens with zero attached hydrogens (tertiary/aromatic N) is 2. The molecule has 0 fully saturated rings. The summed E-state index contributed by atoms with van der Waals surface area (Å²) in [5, 5.41) is 1.60. The van der Waals surface area contributed by atoms with Crippen molar-refractivity contribution < 1.29 is 0 Å². The Labute approximate surface area is 62.9 Å². The lowest BCUT2D eigenvalue weighted by Gasteiger charge is -2.31. The molecule has 0 bridgehead atoms. The predicted molar refractivity (Wildman–Crippen MR) is 44.8 cm³/mol. The van der Waals surface area contributed by atoms with Gasteiger partial charge < -0.3 is 0 Å². The molecular formula is C7H17N3. The highest BCUT2D eigenvalue weighted by Gasteiger charge is 2.23. The van der Waals surface area contributed by atoms with E-state index in [9.17, 15) is 0 Å². The smallest absolute Gasteiger partial charge is 0.121 e. The fourth-order valence-electron chi connectivity index (χ4n) is 0.841. The molecule has 0 aliphatic rings. The third kappa shape index (κ3) is 2.08. The molecule has 0 aromatic carbocycles. The van der Waals surface area contributed by atoms with Gasteiger partial charge in [-0.15, -0.1) is 0 Å². The fraction of sp³-hybridized carbons (Fsp3) is 0.857. The van der Waals surface area contributed by atoms with E-state index in [-0.39, 0.29) is 5.66 Å². The zero-order chi connectivity index (χ0) is 8.20. The zero-order valence-electron chi connectivity index (χ0n) is 7.09. The van der Waals surface area contributed by atoms with Gasteiger partial charge in [-0.2, -0.15) is 0 Å². The molecule has 0 amide bonds. The molecule has 0 aliphatic carbocycles. The average Bonchev–Trinajstić information content (AvgIpc) is 1.88. The Morgan fingerprint density at radius 2 is 2.20 bits per heavy atom. The van der Waals surface area contributed by atoms with Crippen molar-refractivity contribution >= 4 is 6.72 Å². The number of nitrogens with two attached hydrogens (primary N) is 1. The highest BCUT2D eigenvalue weighted by Crippen LogP contribution is 2.17. The maximum Gasteiger partial charge on any atom is 0.121 e. The molecule has 3 nitrogen and oxygen atoms in total. The maximum atomic E-state index is 5.57. The highest BCUT2D eigenvalue weighted by molar-refractivity contribution is 5.25. The van der Waals surface area contributed by atoms with Gasteiger partial charge in [0.15, 0.2) is 0 Å². The summed E-state index contributed by atoms with van der Waals surface area (Å²) in [7, 11) is 1.81. The molecule has 0 aliphatic heterocycles. The molecule has 60 valence electrons. The lowest BCUT2D eigenvalue weighted by Crippen LogP contribution is -2.46. The third-order valence-electron chi connectivity index (χ3n) is 1.82. The van der Waals surface area contributed by atoms with Gasteiger partial charge in [0, 0.05) is 7.05 Å². The van der Waals surface area contributed by atoms with E-state index in [4.69, 9.17) is 5.84 Å². The van der Waals surface area contributed by atoms with Gasteiger partial charge in [0.25, 0.3) is 0 Å². The molecule has 0 aromatic heterocycles. The van der Waals surface area contributed by atoms with Crippen molar-refractivity contribution in [1.29, 1.82) is 0 Å². The minimum atomic E-state index is -0.283. The normalized spacial score (nSPS) is 16.9. The van der Waals surface area contributed by atoms with E-state index >= 15 is 0 Å². The highest BCUT2D eigenvalue weighted by atomic mass is 15.5. The van der Waals surface area contributed by atoms with Gasteiger partial charge in [-0.25, -0.2) is 5.01 Å². The van der Waals surface area contributed by atoms with Crippen LogP contribution in [0.3, 0.4) is 0 Å². The number of aliphatic imine (C=N–C) groups is 1. The topological polar surface area (TPSA) is 41.6 Å². The third-order valence-corrected chi connectivity index (χ3v) is 1.82. The van der Waals surface area contributed by atoms with Crippen LogP contribution < -0.4 is 5.84 Å². The van der Waals surface area contributed by atoms with Crippen molar-refractivity contribution in [2.45, 2.75) is 32.4 Å². The van der Waals surface area contributed by atoms with Crippen LogP contribution in [0, 0.1) is 0 Å². The van der Waals surface area contributed by atoms with Gasteiger partial charge in [0.1, 0.15) is 5.66 Å². The van der Waals surface area contributed by atoms with E-state index in [1.54, 1.807) is 5.01 Å². The van der Waals surface area contributed by atoms with Crippen LogP contribution in [0.25, 0.3) is 0 Å². The molecule has 0 saturated carbocycles. The SMILES string of the molecule is C=N[C@](C)(CCC)N(C)N. The Balaban J connectivity index is 4.08. The monoisotopic (exact) mass is 143 g/mol. The van der Waals surface area contributed by atoms with E-state index in [1.165, 1.54) is 0 Å². The molecule has 0 heterocycles. The van der Waals surface area contributed by atoms with Crippen LogP contribution in [0.1, 0.15) is 26.7 Å². The first-order valence-electron chi connectivity index (χ1n) is 3.53. The largest absolute Gasteiger partial charge is 0.278 e. The van der Waals surface area contributed by atoms with E-state index in [0.717, 1.165) is 12.8 Å². The molecule has 0 saturated heterocycles.